The molecule has 6 nitrogen and oxygen atoms in total. The zero-order chi connectivity index (χ0) is 15.4. The molecule has 0 spiro atoms. The Kier molecular flexibility index (Phi) is 4.47. The summed E-state index contributed by atoms with van der Waals surface area (Å²) in [6.07, 6.45) is 0.218. The summed E-state index contributed by atoms with van der Waals surface area (Å²) < 4.78 is 6.92. The molecule has 0 bridgehead atoms. The van der Waals surface area contributed by atoms with Crippen molar-refractivity contribution in [1.82, 2.24) is 15.1 Å². The molecule has 21 heavy (non-hydrogen) atoms. The Morgan fingerprint density at radius 2 is 2.24 bits per heavy atom. The van der Waals surface area contributed by atoms with Crippen LogP contribution in [0.3, 0.4) is 0 Å². The summed E-state index contributed by atoms with van der Waals surface area (Å²) in [6, 6.07) is 6.67. The van der Waals surface area contributed by atoms with E-state index in [-0.39, 0.29) is 18.1 Å². The second kappa shape index (κ2) is 6.30. The number of phenols is 1. The van der Waals surface area contributed by atoms with E-state index in [1.165, 1.54) is 0 Å². The summed E-state index contributed by atoms with van der Waals surface area (Å²) in [7, 11) is 3.37. The molecule has 1 aromatic carbocycles. The number of hydrogen-bond donors (Lipinski definition) is 2. The monoisotopic (exact) mass is 289 g/mol. The lowest BCUT2D eigenvalue weighted by Gasteiger charge is -2.07. The molecule has 0 saturated heterocycles. The molecular formula is C15H19N3O3. The van der Waals surface area contributed by atoms with Crippen molar-refractivity contribution in [2.45, 2.75) is 19.9 Å². The maximum atomic E-state index is 12.0. The number of nitrogens with one attached hydrogen (secondary N) is 1. The van der Waals surface area contributed by atoms with E-state index in [9.17, 15) is 9.90 Å². The van der Waals surface area contributed by atoms with E-state index >= 15 is 0 Å². The number of phenolic OH excluding ortho intramolecular Hbond substituents is 1. The SMILES string of the molecule is COc1c(CNC(=O)Cc2cccc(O)c2)c(C)nn1C. The van der Waals surface area contributed by atoms with Crippen molar-refractivity contribution in [3.8, 4) is 11.6 Å². The first-order valence-electron chi connectivity index (χ1n) is 6.62. The zero-order valence-corrected chi connectivity index (χ0v) is 12.4. The lowest BCUT2D eigenvalue weighted by Crippen LogP contribution is -2.25. The van der Waals surface area contributed by atoms with E-state index in [0.717, 1.165) is 16.8 Å². The highest BCUT2D eigenvalue weighted by Crippen LogP contribution is 2.20. The van der Waals surface area contributed by atoms with Crippen LogP contribution in [0.25, 0.3) is 0 Å². The number of benzene rings is 1. The van der Waals surface area contributed by atoms with Gasteiger partial charge in [0.05, 0.1) is 24.8 Å². The Balaban J connectivity index is 1.98. The van der Waals surface area contributed by atoms with Gasteiger partial charge in [0.15, 0.2) is 0 Å². The summed E-state index contributed by atoms with van der Waals surface area (Å²) in [5, 5.41) is 16.5. The number of rotatable bonds is 5. The zero-order valence-electron chi connectivity index (χ0n) is 12.4. The highest BCUT2D eigenvalue weighted by atomic mass is 16.5. The molecule has 2 N–H and O–H groups in total. The quantitative estimate of drug-likeness (QED) is 0.870. The highest BCUT2D eigenvalue weighted by Gasteiger charge is 2.14. The van der Waals surface area contributed by atoms with E-state index in [4.69, 9.17) is 4.74 Å². The molecule has 2 aromatic rings. The van der Waals surface area contributed by atoms with E-state index in [2.05, 4.69) is 10.4 Å². The van der Waals surface area contributed by atoms with Crippen LogP contribution in [0.2, 0.25) is 0 Å². The number of ether oxygens (including phenoxy) is 1. The van der Waals surface area contributed by atoms with Crippen LogP contribution in [0.4, 0.5) is 0 Å². The van der Waals surface area contributed by atoms with Crippen LogP contribution in [0, 0.1) is 6.92 Å². The number of carbonyl (C=O) groups excluding carboxylic acids is 1. The average molecular weight is 289 g/mol. The standard InChI is InChI=1S/C15H19N3O3/c1-10-13(15(21-3)18(2)17-10)9-16-14(20)8-11-5-4-6-12(19)7-11/h4-7,19H,8-9H2,1-3H3,(H,16,20). The number of aromatic hydroxyl groups is 1. The predicted molar refractivity (Wildman–Crippen MR) is 78.2 cm³/mol. The lowest BCUT2D eigenvalue weighted by molar-refractivity contribution is -0.120. The van der Waals surface area contributed by atoms with Gasteiger partial charge in [-0.2, -0.15) is 5.10 Å². The molecule has 0 unspecified atom stereocenters. The molecule has 0 fully saturated rings. The lowest BCUT2D eigenvalue weighted by atomic mass is 10.1. The van der Waals surface area contributed by atoms with Crippen LogP contribution in [-0.4, -0.2) is 27.9 Å². The van der Waals surface area contributed by atoms with Gasteiger partial charge in [-0.15, -0.1) is 0 Å². The molecule has 0 atom stereocenters. The van der Waals surface area contributed by atoms with Crippen molar-refractivity contribution < 1.29 is 14.6 Å². The third kappa shape index (κ3) is 3.53. The Hall–Kier alpha value is -2.50. The summed E-state index contributed by atoms with van der Waals surface area (Å²) >= 11 is 0. The highest BCUT2D eigenvalue weighted by molar-refractivity contribution is 5.78. The fraction of sp³-hybridized carbons (Fsp3) is 0.333. The number of hydrogen-bond acceptors (Lipinski definition) is 4. The van der Waals surface area contributed by atoms with Crippen LogP contribution in [0.1, 0.15) is 16.8 Å². The Bertz CT molecular complexity index is 650. The van der Waals surface area contributed by atoms with Gasteiger partial charge >= 0.3 is 0 Å². The van der Waals surface area contributed by atoms with Crippen LogP contribution in [-0.2, 0) is 24.8 Å². The van der Waals surface area contributed by atoms with Gasteiger partial charge in [0.1, 0.15) is 5.75 Å². The minimum Gasteiger partial charge on any atom is -0.508 e. The topological polar surface area (TPSA) is 76.4 Å². The van der Waals surface area contributed by atoms with Gasteiger partial charge in [-0.3, -0.25) is 4.79 Å². The number of carbonyl (C=O) groups is 1. The Morgan fingerprint density at radius 1 is 1.48 bits per heavy atom. The fourth-order valence-electron chi connectivity index (χ4n) is 2.24. The first-order valence-corrected chi connectivity index (χ1v) is 6.62. The Labute approximate surface area is 123 Å². The second-order valence-electron chi connectivity index (χ2n) is 4.82. The van der Waals surface area contributed by atoms with Gasteiger partial charge in [0.2, 0.25) is 11.8 Å². The molecule has 6 heteroatoms. The molecule has 1 aromatic heterocycles. The molecule has 112 valence electrons. The molecule has 0 aliphatic heterocycles. The summed E-state index contributed by atoms with van der Waals surface area (Å²) in [4.78, 5) is 12.0. The number of amides is 1. The average Bonchev–Trinajstić information content (AvgIpc) is 2.70. The van der Waals surface area contributed by atoms with Crippen molar-refractivity contribution in [3.05, 3.63) is 41.1 Å². The number of aromatic nitrogens is 2. The predicted octanol–water partition coefficient (Wildman–Crippen LogP) is 1.30. The number of aryl methyl sites for hydroxylation is 2. The number of nitrogens with zero attached hydrogens (tertiary/aromatic N) is 2. The molecule has 0 saturated carbocycles. The maximum Gasteiger partial charge on any atom is 0.224 e. The van der Waals surface area contributed by atoms with Crippen LogP contribution in [0.5, 0.6) is 11.6 Å². The van der Waals surface area contributed by atoms with Gasteiger partial charge in [0.25, 0.3) is 0 Å². The van der Waals surface area contributed by atoms with Crippen molar-refractivity contribution in [3.63, 3.8) is 0 Å². The largest absolute Gasteiger partial charge is 0.508 e. The molecule has 1 heterocycles. The van der Waals surface area contributed by atoms with E-state index in [1.54, 1.807) is 43.1 Å². The van der Waals surface area contributed by atoms with Crippen LogP contribution in [0.15, 0.2) is 24.3 Å². The molecule has 2 rings (SSSR count). The molecule has 0 aliphatic rings. The normalized spacial score (nSPS) is 10.4. The third-order valence-corrected chi connectivity index (χ3v) is 3.22. The molecule has 0 radical (unpaired) electrons. The van der Waals surface area contributed by atoms with Crippen molar-refractivity contribution in [1.29, 1.82) is 0 Å². The summed E-state index contributed by atoms with van der Waals surface area (Å²) in [5.74, 6) is 0.682. The van der Waals surface area contributed by atoms with Gasteiger partial charge in [-0.25, -0.2) is 4.68 Å². The molecule has 1 amide bonds. The summed E-state index contributed by atoms with van der Waals surface area (Å²) in [6.45, 7) is 2.24. The van der Waals surface area contributed by atoms with Crippen LogP contribution < -0.4 is 10.1 Å². The van der Waals surface area contributed by atoms with Gasteiger partial charge in [-0.05, 0) is 24.6 Å². The first kappa shape index (κ1) is 14.9. The Morgan fingerprint density at radius 3 is 2.90 bits per heavy atom. The van der Waals surface area contributed by atoms with E-state index in [0.29, 0.717) is 12.4 Å². The van der Waals surface area contributed by atoms with E-state index in [1.807, 2.05) is 6.92 Å². The van der Waals surface area contributed by atoms with Crippen molar-refractivity contribution >= 4 is 5.91 Å². The molecular weight excluding hydrogens is 270 g/mol. The first-order chi connectivity index (χ1) is 10.0. The second-order valence-corrected chi connectivity index (χ2v) is 4.82. The minimum absolute atomic E-state index is 0.120. The smallest absolute Gasteiger partial charge is 0.224 e. The number of methoxy groups -OCH3 is 1. The third-order valence-electron chi connectivity index (χ3n) is 3.22. The molecule has 0 aliphatic carbocycles. The van der Waals surface area contributed by atoms with Crippen molar-refractivity contribution in [2.24, 2.45) is 7.05 Å². The van der Waals surface area contributed by atoms with Gasteiger partial charge < -0.3 is 15.2 Å². The van der Waals surface area contributed by atoms with Gasteiger partial charge in [0, 0.05) is 13.6 Å². The van der Waals surface area contributed by atoms with Crippen LogP contribution >= 0.6 is 0 Å². The minimum atomic E-state index is -0.120. The van der Waals surface area contributed by atoms with E-state index < -0.39 is 0 Å². The maximum absolute atomic E-state index is 12.0. The summed E-state index contributed by atoms with van der Waals surface area (Å²) in [5.41, 5.74) is 2.46. The van der Waals surface area contributed by atoms with Gasteiger partial charge in [-0.1, -0.05) is 12.1 Å². The fourth-order valence-corrected chi connectivity index (χ4v) is 2.24. The van der Waals surface area contributed by atoms with Crippen molar-refractivity contribution in [2.75, 3.05) is 7.11 Å².